The molecule has 1 aromatic rings. The van der Waals surface area contributed by atoms with Crippen molar-refractivity contribution in [3.8, 4) is 0 Å². The smallest absolute Gasteiger partial charge is 0.0501 e. The van der Waals surface area contributed by atoms with Crippen LogP contribution in [-0.2, 0) is 0 Å². The van der Waals surface area contributed by atoms with Crippen LogP contribution in [0.3, 0.4) is 0 Å². The van der Waals surface area contributed by atoms with Gasteiger partial charge in [-0.2, -0.15) is 0 Å². The van der Waals surface area contributed by atoms with Gasteiger partial charge in [0, 0.05) is 12.2 Å². The monoisotopic (exact) mass is 255 g/mol. The fraction of sp³-hybridized carbons (Fsp3) is 0.385. The molecule has 0 saturated carbocycles. The predicted molar refractivity (Wildman–Crippen MR) is 77.5 cm³/mol. The number of hydrogen-bond donors (Lipinski definition) is 2. The van der Waals surface area contributed by atoms with E-state index in [0.29, 0.717) is 0 Å². The molecule has 0 heterocycles. The highest BCUT2D eigenvalue weighted by molar-refractivity contribution is 7.84. The van der Waals surface area contributed by atoms with Gasteiger partial charge in [-0.3, -0.25) is 0 Å². The van der Waals surface area contributed by atoms with Crippen molar-refractivity contribution in [1.82, 2.24) is 0 Å². The number of hydrogen-bond acceptors (Lipinski definition) is 2. The van der Waals surface area contributed by atoms with Crippen LogP contribution in [-0.4, -0.2) is 6.54 Å². The average molecular weight is 256 g/mol. The van der Waals surface area contributed by atoms with Crippen molar-refractivity contribution in [3.63, 3.8) is 0 Å². The molecule has 1 nitrogen and oxygen atoms in total. The van der Waals surface area contributed by atoms with Gasteiger partial charge in [0.2, 0.25) is 0 Å². The van der Waals surface area contributed by atoms with E-state index in [4.69, 9.17) is 11.6 Å². The summed E-state index contributed by atoms with van der Waals surface area (Å²) in [7, 11) is 0. The zero-order valence-electron chi connectivity index (χ0n) is 9.97. The SMILES string of the molecule is CCNc1ccc(/C(C)=C(/S)CC)c(Cl)c1. The fourth-order valence-corrected chi connectivity index (χ4v) is 2.00. The lowest BCUT2D eigenvalue weighted by Gasteiger charge is -2.10. The van der Waals surface area contributed by atoms with Crippen LogP contribution in [0.5, 0.6) is 0 Å². The Morgan fingerprint density at radius 3 is 2.56 bits per heavy atom. The second-order valence-electron chi connectivity index (χ2n) is 3.65. The molecule has 3 heteroatoms. The largest absolute Gasteiger partial charge is 0.385 e. The van der Waals surface area contributed by atoms with Gasteiger partial charge < -0.3 is 5.32 Å². The van der Waals surface area contributed by atoms with Gasteiger partial charge in [-0.15, -0.1) is 12.6 Å². The van der Waals surface area contributed by atoms with Crippen molar-refractivity contribution in [3.05, 3.63) is 33.7 Å². The van der Waals surface area contributed by atoms with E-state index >= 15 is 0 Å². The summed E-state index contributed by atoms with van der Waals surface area (Å²) in [6.45, 7) is 7.11. The summed E-state index contributed by atoms with van der Waals surface area (Å²) in [6, 6.07) is 6.05. The van der Waals surface area contributed by atoms with E-state index < -0.39 is 0 Å². The molecule has 0 aliphatic rings. The van der Waals surface area contributed by atoms with Crippen LogP contribution in [0.25, 0.3) is 5.57 Å². The van der Waals surface area contributed by atoms with Crippen molar-refractivity contribution in [2.45, 2.75) is 27.2 Å². The Hall–Kier alpha value is -0.600. The minimum Gasteiger partial charge on any atom is -0.385 e. The summed E-state index contributed by atoms with van der Waals surface area (Å²) in [5.74, 6) is 0. The predicted octanol–water partition coefficient (Wildman–Crippen LogP) is 4.84. The molecular weight excluding hydrogens is 238 g/mol. The summed E-state index contributed by atoms with van der Waals surface area (Å²) in [5, 5.41) is 4.01. The van der Waals surface area contributed by atoms with E-state index in [0.717, 1.165) is 39.7 Å². The maximum atomic E-state index is 6.25. The number of halogens is 1. The molecular formula is C13H18ClNS. The van der Waals surface area contributed by atoms with Gasteiger partial charge in [0.25, 0.3) is 0 Å². The number of thiol groups is 1. The molecule has 88 valence electrons. The van der Waals surface area contributed by atoms with Gasteiger partial charge >= 0.3 is 0 Å². The van der Waals surface area contributed by atoms with E-state index in [1.54, 1.807) is 0 Å². The van der Waals surface area contributed by atoms with Crippen LogP contribution < -0.4 is 5.32 Å². The molecule has 0 aliphatic heterocycles. The molecule has 1 aromatic carbocycles. The van der Waals surface area contributed by atoms with Crippen LogP contribution >= 0.6 is 24.2 Å². The third-order valence-electron chi connectivity index (χ3n) is 2.52. The van der Waals surface area contributed by atoms with Crippen molar-refractivity contribution in [2.24, 2.45) is 0 Å². The van der Waals surface area contributed by atoms with Crippen molar-refractivity contribution in [2.75, 3.05) is 11.9 Å². The third kappa shape index (κ3) is 3.19. The minimum atomic E-state index is 0.774. The van der Waals surface area contributed by atoms with E-state index in [9.17, 15) is 0 Å². The molecule has 16 heavy (non-hydrogen) atoms. The van der Waals surface area contributed by atoms with Crippen molar-refractivity contribution >= 4 is 35.5 Å². The Morgan fingerprint density at radius 1 is 1.38 bits per heavy atom. The zero-order chi connectivity index (χ0) is 12.1. The van der Waals surface area contributed by atoms with Gasteiger partial charge in [-0.25, -0.2) is 0 Å². The first-order valence-electron chi connectivity index (χ1n) is 5.52. The second kappa shape index (κ2) is 6.21. The molecule has 0 atom stereocenters. The Labute approximate surface area is 108 Å². The normalized spacial score (nSPS) is 12.3. The van der Waals surface area contributed by atoms with Gasteiger partial charge in [-0.1, -0.05) is 24.6 Å². The highest BCUT2D eigenvalue weighted by atomic mass is 35.5. The lowest BCUT2D eigenvalue weighted by Crippen LogP contribution is -1.96. The summed E-state index contributed by atoms with van der Waals surface area (Å²) in [6.07, 6.45) is 0.931. The maximum Gasteiger partial charge on any atom is 0.0501 e. The van der Waals surface area contributed by atoms with Gasteiger partial charge in [-0.05, 0) is 48.4 Å². The molecule has 0 saturated heterocycles. The first-order chi connectivity index (χ1) is 7.60. The van der Waals surface area contributed by atoms with Crippen molar-refractivity contribution < 1.29 is 0 Å². The second-order valence-corrected chi connectivity index (χ2v) is 4.60. The molecule has 0 spiro atoms. The molecule has 0 aliphatic carbocycles. The average Bonchev–Trinajstić information content (AvgIpc) is 2.28. The number of anilines is 1. The topological polar surface area (TPSA) is 12.0 Å². The van der Waals surface area contributed by atoms with Crippen molar-refractivity contribution in [1.29, 1.82) is 0 Å². The first-order valence-corrected chi connectivity index (χ1v) is 6.35. The number of rotatable bonds is 4. The molecule has 1 N–H and O–H groups in total. The fourth-order valence-electron chi connectivity index (χ4n) is 1.55. The third-order valence-corrected chi connectivity index (χ3v) is 3.49. The van der Waals surface area contributed by atoms with E-state index in [1.165, 1.54) is 0 Å². The van der Waals surface area contributed by atoms with E-state index in [1.807, 2.05) is 18.2 Å². The van der Waals surface area contributed by atoms with Gasteiger partial charge in [0.05, 0.1) is 5.02 Å². The molecule has 1 rings (SSSR count). The summed E-state index contributed by atoms with van der Waals surface area (Å²) in [5.41, 5.74) is 3.27. The molecule has 0 fully saturated rings. The maximum absolute atomic E-state index is 6.25. The van der Waals surface area contributed by atoms with Crippen LogP contribution in [0.1, 0.15) is 32.8 Å². The molecule has 0 bridgehead atoms. The van der Waals surface area contributed by atoms with Crippen LogP contribution in [0, 0.1) is 0 Å². The van der Waals surface area contributed by atoms with Crippen LogP contribution in [0.4, 0.5) is 5.69 Å². The van der Waals surface area contributed by atoms with Gasteiger partial charge in [0.1, 0.15) is 0 Å². The first kappa shape index (κ1) is 13.5. The Kier molecular flexibility index (Phi) is 5.23. The lowest BCUT2D eigenvalue weighted by atomic mass is 10.1. The Balaban J connectivity index is 3.08. The number of benzene rings is 1. The summed E-state index contributed by atoms with van der Waals surface area (Å²) >= 11 is 10.7. The molecule has 0 aromatic heterocycles. The van der Waals surface area contributed by atoms with E-state index in [-0.39, 0.29) is 0 Å². The lowest BCUT2D eigenvalue weighted by molar-refractivity contribution is 1.20. The zero-order valence-corrected chi connectivity index (χ0v) is 11.6. The minimum absolute atomic E-state index is 0.774. The number of allylic oxidation sites excluding steroid dienone is 2. The van der Waals surface area contributed by atoms with Crippen LogP contribution in [0.2, 0.25) is 5.02 Å². The Bertz CT molecular complexity index is 399. The summed E-state index contributed by atoms with van der Waals surface area (Å²) < 4.78 is 0. The summed E-state index contributed by atoms with van der Waals surface area (Å²) in [4.78, 5) is 1.08. The molecule has 0 amide bonds. The highest BCUT2D eigenvalue weighted by Gasteiger charge is 2.06. The quantitative estimate of drug-likeness (QED) is 0.734. The van der Waals surface area contributed by atoms with Gasteiger partial charge in [0.15, 0.2) is 0 Å². The molecule has 0 radical (unpaired) electrons. The standard InChI is InChI=1S/C13H18ClNS/c1-4-13(16)9(3)11-7-6-10(15-5-2)8-12(11)14/h6-8,15-16H,4-5H2,1-3H3/b13-9+. The van der Waals surface area contributed by atoms with E-state index in [2.05, 4.69) is 38.7 Å². The van der Waals surface area contributed by atoms with Crippen LogP contribution in [0.15, 0.2) is 23.1 Å². The molecule has 0 unspecified atom stereocenters. The highest BCUT2D eigenvalue weighted by Crippen LogP contribution is 2.30. The number of nitrogens with one attached hydrogen (secondary N) is 1. The Morgan fingerprint density at radius 2 is 2.06 bits per heavy atom.